The van der Waals surface area contributed by atoms with E-state index in [9.17, 15) is 14.7 Å². The summed E-state index contributed by atoms with van der Waals surface area (Å²) in [5.41, 5.74) is 2.35. The number of likely N-dealkylation sites (tertiary alicyclic amines) is 1. The first-order chi connectivity index (χ1) is 16.5. The molecule has 1 saturated heterocycles. The highest BCUT2D eigenvalue weighted by atomic mass is 16.5. The van der Waals surface area contributed by atoms with Gasteiger partial charge < -0.3 is 19.3 Å². The Kier molecular flexibility index (Phi) is 6.92. The summed E-state index contributed by atoms with van der Waals surface area (Å²) >= 11 is 0. The van der Waals surface area contributed by atoms with Gasteiger partial charge >= 0.3 is 0 Å². The smallest absolute Gasteiger partial charge is 0.295 e. The maximum atomic E-state index is 13.1. The van der Waals surface area contributed by atoms with Gasteiger partial charge in [-0.05, 0) is 31.0 Å². The number of ether oxygens (including phenoxy) is 1. The van der Waals surface area contributed by atoms with E-state index in [1.54, 1.807) is 47.8 Å². The number of benzene rings is 2. The summed E-state index contributed by atoms with van der Waals surface area (Å²) in [6.07, 6.45) is 7.55. The number of nitrogens with zero attached hydrogens (tertiary/aromatic N) is 3. The molecule has 0 radical (unpaired) electrons. The topological polar surface area (TPSA) is 84.7 Å². The van der Waals surface area contributed by atoms with E-state index >= 15 is 0 Å². The number of rotatable bonds is 9. The van der Waals surface area contributed by atoms with Crippen LogP contribution in [0, 0.1) is 6.92 Å². The van der Waals surface area contributed by atoms with Gasteiger partial charge in [0.1, 0.15) is 18.1 Å². The molecule has 1 amide bonds. The largest absolute Gasteiger partial charge is 0.507 e. The Labute approximate surface area is 198 Å². The van der Waals surface area contributed by atoms with E-state index in [-0.39, 0.29) is 11.3 Å². The van der Waals surface area contributed by atoms with Crippen LogP contribution in [0.2, 0.25) is 0 Å². The summed E-state index contributed by atoms with van der Waals surface area (Å²) in [6.45, 7) is 6.97. The Morgan fingerprint density at radius 2 is 1.85 bits per heavy atom. The number of aliphatic hydroxyl groups is 1. The van der Waals surface area contributed by atoms with Gasteiger partial charge in [0.15, 0.2) is 0 Å². The molecule has 4 rings (SSSR count). The summed E-state index contributed by atoms with van der Waals surface area (Å²) in [4.78, 5) is 31.8. The fourth-order valence-corrected chi connectivity index (χ4v) is 4.07. The Bertz CT molecular complexity index is 1200. The summed E-state index contributed by atoms with van der Waals surface area (Å²) in [7, 11) is 0. The van der Waals surface area contributed by atoms with E-state index in [4.69, 9.17) is 4.74 Å². The van der Waals surface area contributed by atoms with Gasteiger partial charge in [-0.25, -0.2) is 4.98 Å². The highest BCUT2D eigenvalue weighted by molar-refractivity contribution is 6.46. The van der Waals surface area contributed by atoms with E-state index in [2.05, 4.69) is 11.6 Å². The first-order valence-corrected chi connectivity index (χ1v) is 11.1. The number of aliphatic hydroxyl groups excluding tert-OH is 1. The zero-order valence-electron chi connectivity index (χ0n) is 19.1. The van der Waals surface area contributed by atoms with Gasteiger partial charge in [0.25, 0.3) is 11.7 Å². The molecule has 3 aromatic rings. The van der Waals surface area contributed by atoms with Crippen molar-refractivity contribution in [2.75, 3.05) is 13.2 Å². The van der Waals surface area contributed by atoms with Crippen molar-refractivity contribution in [2.45, 2.75) is 25.9 Å². The quantitative estimate of drug-likeness (QED) is 0.225. The lowest BCUT2D eigenvalue weighted by atomic mass is 9.95. The molecular weight excluding hydrogens is 430 g/mol. The van der Waals surface area contributed by atoms with Crippen LogP contribution >= 0.6 is 0 Å². The standard InChI is InChI=1S/C27H27N3O4/c1-3-17-34-22-11-9-20(10-12-22)24-23(25(31)21-7-5-19(2)6-8-21)26(32)27(33)30(24)15-4-14-29-16-13-28-18-29/h3,5-13,16,18,24,31H,1,4,14-15,17H2,2H3. The van der Waals surface area contributed by atoms with Gasteiger partial charge in [-0.3, -0.25) is 9.59 Å². The average molecular weight is 458 g/mol. The molecule has 1 unspecified atom stereocenters. The van der Waals surface area contributed by atoms with E-state index in [1.807, 2.05) is 42.0 Å². The van der Waals surface area contributed by atoms with Gasteiger partial charge in [-0.1, -0.05) is 54.6 Å². The maximum Gasteiger partial charge on any atom is 0.295 e. The van der Waals surface area contributed by atoms with Crippen LogP contribution in [0.4, 0.5) is 0 Å². The van der Waals surface area contributed by atoms with Crippen molar-refractivity contribution in [3.05, 3.63) is 102 Å². The molecule has 0 aliphatic carbocycles. The van der Waals surface area contributed by atoms with Gasteiger partial charge in [-0.2, -0.15) is 0 Å². The summed E-state index contributed by atoms with van der Waals surface area (Å²) < 4.78 is 7.49. The Morgan fingerprint density at radius 1 is 1.12 bits per heavy atom. The normalized spacial score (nSPS) is 17.2. The zero-order chi connectivity index (χ0) is 24.1. The second-order valence-electron chi connectivity index (χ2n) is 8.18. The molecule has 1 atom stereocenters. The minimum Gasteiger partial charge on any atom is -0.507 e. The number of imidazole rings is 1. The Morgan fingerprint density at radius 3 is 2.50 bits per heavy atom. The lowest BCUT2D eigenvalue weighted by Gasteiger charge is -2.25. The second kappa shape index (κ2) is 10.2. The molecule has 2 aromatic carbocycles. The average Bonchev–Trinajstić information content (AvgIpc) is 3.45. The number of ketones is 1. The monoisotopic (exact) mass is 457 g/mol. The van der Waals surface area contributed by atoms with Crippen molar-refractivity contribution in [2.24, 2.45) is 0 Å². The van der Waals surface area contributed by atoms with Crippen molar-refractivity contribution in [1.82, 2.24) is 14.5 Å². The molecule has 1 fully saturated rings. The number of Topliss-reactive ketones (excluding diaryl/α,β-unsaturated/α-hetero) is 1. The highest BCUT2D eigenvalue weighted by Gasteiger charge is 2.45. The van der Waals surface area contributed by atoms with Gasteiger partial charge in [0.05, 0.1) is 17.9 Å². The molecular formula is C27H27N3O4. The molecule has 0 spiro atoms. The van der Waals surface area contributed by atoms with Crippen molar-refractivity contribution >= 4 is 17.4 Å². The molecule has 1 aromatic heterocycles. The molecule has 0 bridgehead atoms. The SMILES string of the molecule is C=CCOc1ccc(C2C(=C(O)c3ccc(C)cc3)C(=O)C(=O)N2CCCn2ccnc2)cc1. The van der Waals surface area contributed by atoms with Crippen LogP contribution in [-0.4, -0.2) is 44.4 Å². The summed E-state index contributed by atoms with van der Waals surface area (Å²) in [5.74, 6) is -0.819. The number of carbonyl (C=O) groups is 2. The molecule has 2 heterocycles. The molecule has 7 nitrogen and oxygen atoms in total. The van der Waals surface area contributed by atoms with Gasteiger partial charge in [0.2, 0.25) is 0 Å². The molecule has 34 heavy (non-hydrogen) atoms. The van der Waals surface area contributed by atoms with E-state index in [0.29, 0.717) is 37.4 Å². The van der Waals surface area contributed by atoms with Crippen molar-refractivity contribution in [1.29, 1.82) is 0 Å². The fraction of sp³-hybridized carbons (Fsp3) is 0.222. The number of hydrogen-bond acceptors (Lipinski definition) is 5. The third-order valence-electron chi connectivity index (χ3n) is 5.80. The lowest BCUT2D eigenvalue weighted by Crippen LogP contribution is -2.31. The molecule has 174 valence electrons. The summed E-state index contributed by atoms with van der Waals surface area (Å²) in [6, 6.07) is 13.7. The first kappa shape index (κ1) is 23.0. The first-order valence-electron chi connectivity index (χ1n) is 11.1. The van der Waals surface area contributed by atoms with Crippen LogP contribution in [0.3, 0.4) is 0 Å². The van der Waals surface area contributed by atoms with Crippen molar-refractivity contribution in [3.63, 3.8) is 0 Å². The number of aryl methyl sites for hydroxylation is 2. The van der Waals surface area contributed by atoms with Gasteiger partial charge in [-0.15, -0.1) is 0 Å². The minimum atomic E-state index is -0.697. The number of aromatic nitrogens is 2. The van der Waals surface area contributed by atoms with Crippen LogP contribution in [0.25, 0.3) is 5.76 Å². The van der Waals surface area contributed by atoms with E-state index in [0.717, 1.165) is 11.1 Å². The van der Waals surface area contributed by atoms with Crippen LogP contribution in [0.15, 0.2) is 85.5 Å². The Hall–Kier alpha value is -4.13. The minimum absolute atomic E-state index is 0.0937. The van der Waals surface area contributed by atoms with Crippen molar-refractivity contribution < 1.29 is 19.4 Å². The maximum absolute atomic E-state index is 13.1. The van der Waals surface area contributed by atoms with Crippen LogP contribution < -0.4 is 4.74 Å². The zero-order valence-corrected chi connectivity index (χ0v) is 19.1. The van der Waals surface area contributed by atoms with Crippen LogP contribution in [0.5, 0.6) is 5.75 Å². The fourth-order valence-electron chi connectivity index (χ4n) is 4.07. The molecule has 1 N–H and O–H groups in total. The molecule has 7 heteroatoms. The van der Waals surface area contributed by atoms with Crippen LogP contribution in [0.1, 0.15) is 29.2 Å². The summed E-state index contributed by atoms with van der Waals surface area (Å²) in [5, 5.41) is 11.1. The molecule has 0 saturated carbocycles. The predicted molar refractivity (Wildman–Crippen MR) is 129 cm³/mol. The number of carbonyl (C=O) groups excluding carboxylic acids is 2. The Balaban J connectivity index is 1.70. The van der Waals surface area contributed by atoms with E-state index < -0.39 is 17.7 Å². The predicted octanol–water partition coefficient (Wildman–Crippen LogP) is 4.27. The van der Waals surface area contributed by atoms with Crippen molar-refractivity contribution in [3.8, 4) is 5.75 Å². The third-order valence-corrected chi connectivity index (χ3v) is 5.80. The third kappa shape index (κ3) is 4.78. The lowest BCUT2D eigenvalue weighted by molar-refractivity contribution is -0.139. The molecule has 1 aliphatic heterocycles. The van der Waals surface area contributed by atoms with Crippen LogP contribution in [-0.2, 0) is 16.1 Å². The second-order valence-corrected chi connectivity index (χ2v) is 8.18. The van der Waals surface area contributed by atoms with E-state index in [1.165, 1.54) is 0 Å². The highest BCUT2D eigenvalue weighted by Crippen LogP contribution is 2.40. The molecule has 1 aliphatic rings. The number of amides is 1. The number of hydrogen-bond donors (Lipinski definition) is 1. The van der Waals surface area contributed by atoms with Gasteiger partial charge in [0, 0.05) is 31.0 Å².